The fourth-order valence-corrected chi connectivity index (χ4v) is 2.70. The Morgan fingerprint density at radius 2 is 2.28 bits per heavy atom. The molecule has 18 heavy (non-hydrogen) atoms. The zero-order valence-electron chi connectivity index (χ0n) is 11.0. The van der Waals surface area contributed by atoms with E-state index in [2.05, 4.69) is 28.8 Å². The molecule has 1 unspecified atom stereocenters. The van der Waals surface area contributed by atoms with Gasteiger partial charge >= 0.3 is 0 Å². The number of thiazole rings is 1. The molecule has 0 spiro atoms. The second kappa shape index (κ2) is 6.16. The van der Waals surface area contributed by atoms with Crippen LogP contribution in [0.4, 0.5) is 0 Å². The van der Waals surface area contributed by atoms with Crippen LogP contribution in [-0.4, -0.2) is 14.7 Å². The van der Waals surface area contributed by atoms with Crippen molar-refractivity contribution < 1.29 is 5.11 Å². The van der Waals surface area contributed by atoms with Crippen molar-refractivity contribution in [2.45, 2.75) is 45.8 Å². The highest BCUT2D eigenvalue weighted by Crippen LogP contribution is 2.19. The van der Waals surface area contributed by atoms with E-state index < -0.39 is 0 Å². The van der Waals surface area contributed by atoms with Crippen LogP contribution in [-0.2, 0) is 13.0 Å². The first-order valence-electron chi connectivity index (χ1n) is 6.50. The topological polar surface area (TPSA) is 38.0 Å². The minimum absolute atomic E-state index is 0.335. The summed E-state index contributed by atoms with van der Waals surface area (Å²) >= 11 is 1.72. The van der Waals surface area contributed by atoms with E-state index in [9.17, 15) is 5.11 Å². The number of nitrogens with zero attached hydrogens (tertiary/aromatic N) is 2. The number of rotatable bonds is 6. The summed E-state index contributed by atoms with van der Waals surface area (Å²) in [5.74, 6) is 0. The van der Waals surface area contributed by atoms with Gasteiger partial charge in [-0.25, -0.2) is 4.98 Å². The zero-order chi connectivity index (χ0) is 13.0. The van der Waals surface area contributed by atoms with Gasteiger partial charge in [-0.15, -0.1) is 11.3 Å². The largest absolute Gasteiger partial charge is 0.388 e. The predicted octanol–water partition coefficient (Wildman–Crippen LogP) is 3.39. The van der Waals surface area contributed by atoms with Gasteiger partial charge in [0.2, 0.25) is 0 Å². The predicted molar refractivity (Wildman–Crippen MR) is 74.9 cm³/mol. The van der Waals surface area contributed by atoms with Crippen LogP contribution in [0.1, 0.15) is 49.1 Å². The lowest BCUT2D eigenvalue weighted by Crippen LogP contribution is -1.98. The summed E-state index contributed by atoms with van der Waals surface area (Å²) in [4.78, 5) is 4.55. The van der Waals surface area contributed by atoms with Crippen molar-refractivity contribution in [2.24, 2.45) is 0 Å². The molecule has 0 aromatic carbocycles. The first-order valence-corrected chi connectivity index (χ1v) is 7.38. The molecule has 0 radical (unpaired) electrons. The zero-order valence-corrected chi connectivity index (χ0v) is 11.8. The third-order valence-corrected chi connectivity index (χ3v) is 4.01. The molecule has 2 heterocycles. The van der Waals surface area contributed by atoms with Gasteiger partial charge in [0.25, 0.3) is 0 Å². The number of aliphatic hydroxyl groups excluding tert-OH is 1. The Morgan fingerprint density at radius 3 is 2.94 bits per heavy atom. The van der Waals surface area contributed by atoms with Gasteiger partial charge in [0.1, 0.15) is 0 Å². The smallest absolute Gasteiger partial charge is 0.0926 e. The second-order valence-corrected chi connectivity index (χ2v) is 5.45. The molecular weight excluding hydrogens is 244 g/mol. The van der Waals surface area contributed by atoms with E-state index in [1.165, 1.54) is 5.01 Å². The molecule has 1 atom stereocenters. The van der Waals surface area contributed by atoms with Gasteiger partial charge in [0.05, 0.1) is 23.4 Å². The summed E-state index contributed by atoms with van der Waals surface area (Å²) in [5.41, 5.74) is 2.10. The molecule has 98 valence electrons. The summed E-state index contributed by atoms with van der Waals surface area (Å²) < 4.78 is 2.09. The minimum Gasteiger partial charge on any atom is -0.388 e. The molecule has 0 aliphatic heterocycles. The third-order valence-electron chi connectivity index (χ3n) is 2.97. The summed E-state index contributed by atoms with van der Waals surface area (Å²) in [5, 5.41) is 13.2. The Bertz CT molecular complexity index is 489. The standard InChI is InChI=1S/C14H20N2OS/c1-3-5-13(17)11-6-7-16(8-11)9-12-10-18-14(4-2)15-12/h6-8,10,13,17H,3-5,9H2,1-2H3. The molecule has 2 aromatic rings. The molecule has 3 nitrogen and oxygen atoms in total. The van der Waals surface area contributed by atoms with E-state index in [-0.39, 0.29) is 6.10 Å². The molecule has 0 bridgehead atoms. The molecule has 0 fully saturated rings. The lowest BCUT2D eigenvalue weighted by Gasteiger charge is -2.06. The van der Waals surface area contributed by atoms with Crippen LogP contribution in [0.5, 0.6) is 0 Å². The lowest BCUT2D eigenvalue weighted by atomic mass is 10.1. The van der Waals surface area contributed by atoms with Crippen molar-refractivity contribution in [3.05, 3.63) is 40.1 Å². The van der Waals surface area contributed by atoms with E-state index in [4.69, 9.17) is 0 Å². The normalized spacial score (nSPS) is 12.8. The van der Waals surface area contributed by atoms with Crippen LogP contribution in [0.25, 0.3) is 0 Å². The van der Waals surface area contributed by atoms with Crippen LogP contribution in [0.3, 0.4) is 0 Å². The number of aromatic nitrogens is 2. The maximum absolute atomic E-state index is 9.92. The van der Waals surface area contributed by atoms with Gasteiger partial charge < -0.3 is 9.67 Å². The van der Waals surface area contributed by atoms with Gasteiger partial charge in [0, 0.05) is 17.8 Å². The van der Waals surface area contributed by atoms with Gasteiger partial charge in [-0.3, -0.25) is 0 Å². The van der Waals surface area contributed by atoms with Gasteiger partial charge in [0.15, 0.2) is 0 Å². The number of hydrogen-bond donors (Lipinski definition) is 1. The summed E-state index contributed by atoms with van der Waals surface area (Å²) in [7, 11) is 0. The lowest BCUT2D eigenvalue weighted by molar-refractivity contribution is 0.166. The average molecular weight is 264 g/mol. The molecule has 1 N–H and O–H groups in total. The Balaban J connectivity index is 2.01. The van der Waals surface area contributed by atoms with Crippen molar-refractivity contribution >= 4 is 11.3 Å². The van der Waals surface area contributed by atoms with E-state index in [1.54, 1.807) is 11.3 Å². The summed E-state index contributed by atoms with van der Waals surface area (Å²) in [6.45, 7) is 4.99. The van der Waals surface area contributed by atoms with Gasteiger partial charge in [-0.05, 0) is 24.5 Å². The SMILES string of the molecule is CCCC(O)c1ccn(Cc2csc(CC)n2)c1. The van der Waals surface area contributed by atoms with Crippen molar-refractivity contribution in [2.75, 3.05) is 0 Å². The third kappa shape index (κ3) is 3.21. The van der Waals surface area contributed by atoms with E-state index in [1.807, 2.05) is 18.5 Å². The van der Waals surface area contributed by atoms with Crippen LogP contribution < -0.4 is 0 Å². The highest BCUT2D eigenvalue weighted by molar-refractivity contribution is 7.09. The molecule has 2 rings (SSSR count). The number of hydrogen-bond acceptors (Lipinski definition) is 3. The Kier molecular flexibility index (Phi) is 4.55. The summed E-state index contributed by atoms with van der Waals surface area (Å²) in [6, 6.07) is 1.99. The van der Waals surface area contributed by atoms with Crippen molar-refractivity contribution in [1.82, 2.24) is 9.55 Å². The minimum atomic E-state index is -0.335. The fraction of sp³-hybridized carbons (Fsp3) is 0.500. The molecule has 0 aliphatic carbocycles. The monoisotopic (exact) mass is 264 g/mol. The van der Waals surface area contributed by atoms with Crippen LogP contribution >= 0.6 is 11.3 Å². The Morgan fingerprint density at radius 1 is 1.44 bits per heavy atom. The molecule has 4 heteroatoms. The van der Waals surface area contributed by atoms with Crippen molar-refractivity contribution in [1.29, 1.82) is 0 Å². The summed E-state index contributed by atoms with van der Waals surface area (Å²) in [6.07, 6.45) is 6.51. The van der Waals surface area contributed by atoms with Crippen molar-refractivity contribution in [3.63, 3.8) is 0 Å². The highest BCUT2D eigenvalue weighted by Gasteiger charge is 2.08. The second-order valence-electron chi connectivity index (χ2n) is 4.51. The molecular formula is C14H20N2OS. The first-order chi connectivity index (χ1) is 8.72. The number of aliphatic hydroxyl groups is 1. The average Bonchev–Trinajstić information content (AvgIpc) is 2.99. The fourth-order valence-electron chi connectivity index (χ4n) is 1.97. The van der Waals surface area contributed by atoms with Gasteiger partial charge in [-0.1, -0.05) is 20.3 Å². The van der Waals surface area contributed by atoms with Gasteiger partial charge in [-0.2, -0.15) is 0 Å². The molecule has 0 amide bonds. The van der Waals surface area contributed by atoms with Crippen LogP contribution in [0.2, 0.25) is 0 Å². The maximum atomic E-state index is 9.92. The van der Waals surface area contributed by atoms with Crippen molar-refractivity contribution in [3.8, 4) is 0 Å². The first kappa shape index (κ1) is 13.3. The Hall–Kier alpha value is -1.13. The molecule has 2 aromatic heterocycles. The quantitative estimate of drug-likeness (QED) is 0.868. The molecule has 0 saturated carbocycles. The van der Waals surface area contributed by atoms with E-state index >= 15 is 0 Å². The van der Waals surface area contributed by atoms with Crippen LogP contribution in [0, 0.1) is 0 Å². The highest BCUT2D eigenvalue weighted by atomic mass is 32.1. The number of aryl methyl sites for hydroxylation is 1. The van der Waals surface area contributed by atoms with E-state index in [0.717, 1.165) is 37.1 Å². The van der Waals surface area contributed by atoms with Crippen LogP contribution in [0.15, 0.2) is 23.8 Å². The molecule has 0 saturated heterocycles. The van der Waals surface area contributed by atoms with E-state index in [0.29, 0.717) is 0 Å². The Labute approximate surface area is 112 Å². The maximum Gasteiger partial charge on any atom is 0.0926 e. The molecule has 0 aliphatic rings.